The van der Waals surface area contributed by atoms with E-state index in [1.807, 2.05) is 43.3 Å². The van der Waals surface area contributed by atoms with E-state index in [0.717, 1.165) is 29.0 Å². The summed E-state index contributed by atoms with van der Waals surface area (Å²) in [6.45, 7) is 5.28. The molecule has 3 heteroatoms. The van der Waals surface area contributed by atoms with Gasteiger partial charge in [-0.3, -0.25) is 0 Å². The Kier molecular flexibility index (Phi) is 5.64. The third-order valence-electron chi connectivity index (χ3n) is 3.30. The molecule has 21 heavy (non-hydrogen) atoms. The standard InChI is InChI=1S/C18H23NO2/c1-3-11-20-17-10-9-16(13-19)18(12-17)21-14(2)15-7-5-4-6-8-15/h4-10,12,14H,3,11,13,19H2,1-2H3. The van der Waals surface area contributed by atoms with Crippen LogP contribution >= 0.6 is 0 Å². The van der Waals surface area contributed by atoms with E-state index in [-0.39, 0.29) is 6.10 Å². The summed E-state index contributed by atoms with van der Waals surface area (Å²) in [6.07, 6.45) is 0.952. The Labute approximate surface area is 126 Å². The van der Waals surface area contributed by atoms with Crippen molar-refractivity contribution in [3.05, 3.63) is 59.7 Å². The SMILES string of the molecule is CCCOc1ccc(CN)c(OC(C)c2ccccc2)c1. The minimum Gasteiger partial charge on any atom is -0.493 e. The molecule has 0 spiro atoms. The molecular weight excluding hydrogens is 262 g/mol. The largest absolute Gasteiger partial charge is 0.493 e. The molecule has 0 saturated carbocycles. The zero-order valence-corrected chi connectivity index (χ0v) is 12.7. The molecule has 1 atom stereocenters. The van der Waals surface area contributed by atoms with Gasteiger partial charge in [-0.15, -0.1) is 0 Å². The van der Waals surface area contributed by atoms with E-state index in [2.05, 4.69) is 19.1 Å². The molecular formula is C18H23NO2. The van der Waals surface area contributed by atoms with Crippen LogP contribution in [0.25, 0.3) is 0 Å². The molecule has 0 amide bonds. The second-order valence-electron chi connectivity index (χ2n) is 4.99. The molecule has 0 aromatic heterocycles. The third kappa shape index (κ3) is 4.23. The molecule has 0 aliphatic carbocycles. The molecule has 0 saturated heterocycles. The monoisotopic (exact) mass is 285 g/mol. The van der Waals surface area contributed by atoms with Crippen molar-refractivity contribution in [1.82, 2.24) is 0 Å². The molecule has 112 valence electrons. The van der Waals surface area contributed by atoms with E-state index in [1.165, 1.54) is 0 Å². The van der Waals surface area contributed by atoms with Crippen molar-refractivity contribution in [2.24, 2.45) is 5.73 Å². The first-order chi connectivity index (χ1) is 10.2. The van der Waals surface area contributed by atoms with Gasteiger partial charge in [-0.25, -0.2) is 0 Å². The van der Waals surface area contributed by atoms with Gasteiger partial charge >= 0.3 is 0 Å². The van der Waals surface area contributed by atoms with Crippen LogP contribution in [0.4, 0.5) is 0 Å². The molecule has 3 nitrogen and oxygen atoms in total. The summed E-state index contributed by atoms with van der Waals surface area (Å²) < 4.78 is 11.7. The predicted molar refractivity (Wildman–Crippen MR) is 85.6 cm³/mol. The van der Waals surface area contributed by atoms with E-state index in [0.29, 0.717) is 13.2 Å². The lowest BCUT2D eigenvalue weighted by Gasteiger charge is -2.18. The zero-order chi connectivity index (χ0) is 15.1. The maximum absolute atomic E-state index is 6.08. The highest BCUT2D eigenvalue weighted by molar-refractivity contribution is 5.41. The van der Waals surface area contributed by atoms with Crippen molar-refractivity contribution in [2.45, 2.75) is 32.9 Å². The van der Waals surface area contributed by atoms with Crippen LogP contribution in [-0.2, 0) is 6.54 Å². The summed E-state index contributed by atoms with van der Waals surface area (Å²) in [7, 11) is 0. The number of ether oxygens (including phenoxy) is 2. The van der Waals surface area contributed by atoms with Crippen LogP contribution in [-0.4, -0.2) is 6.61 Å². The van der Waals surface area contributed by atoms with Crippen LogP contribution in [0.3, 0.4) is 0 Å². The van der Waals surface area contributed by atoms with Gasteiger partial charge in [-0.2, -0.15) is 0 Å². The summed E-state index contributed by atoms with van der Waals surface area (Å²) in [5.41, 5.74) is 7.92. The first-order valence-electron chi connectivity index (χ1n) is 7.42. The number of hydrogen-bond donors (Lipinski definition) is 1. The van der Waals surface area contributed by atoms with Crippen LogP contribution < -0.4 is 15.2 Å². The van der Waals surface area contributed by atoms with E-state index in [1.54, 1.807) is 0 Å². The Balaban J connectivity index is 2.16. The lowest BCUT2D eigenvalue weighted by molar-refractivity contribution is 0.222. The van der Waals surface area contributed by atoms with Crippen molar-refractivity contribution in [3.63, 3.8) is 0 Å². The Morgan fingerprint density at radius 3 is 2.52 bits per heavy atom. The lowest BCUT2D eigenvalue weighted by Crippen LogP contribution is -2.07. The van der Waals surface area contributed by atoms with Crippen LogP contribution in [0.1, 0.15) is 37.5 Å². The lowest BCUT2D eigenvalue weighted by atomic mass is 10.1. The van der Waals surface area contributed by atoms with E-state index in [4.69, 9.17) is 15.2 Å². The number of nitrogens with two attached hydrogens (primary N) is 1. The summed E-state index contributed by atoms with van der Waals surface area (Å²) in [4.78, 5) is 0. The van der Waals surface area contributed by atoms with Crippen LogP contribution in [0.2, 0.25) is 0 Å². The average Bonchev–Trinajstić information content (AvgIpc) is 2.54. The first kappa shape index (κ1) is 15.4. The van der Waals surface area contributed by atoms with E-state index in [9.17, 15) is 0 Å². The zero-order valence-electron chi connectivity index (χ0n) is 12.7. The van der Waals surface area contributed by atoms with Crippen molar-refractivity contribution >= 4 is 0 Å². The number of rotatable bonds is 7. The van der Waals surface area contributed by atoms with E-state index >= 15 is 0 Å². The van der Waals surface area contributed by atoms with Crippen molar-refractivity contribution in [3.8, 4) is 11.5 Å². The molecule has 2 N–H and O–H groups in total. The Morgan fingerprint density at radius 1 is 1.10 bits per heavy atom. The predicted octanol–water partition coefficient (Wildman–Crippen LogP) is 4.07. The first-order valence-corrected chi connectivity index (χ1v) is 7.42. The fraction of sp³-hybridized carbons (Fsp3) is 0.333. The second-order valence-corrected chi connectivity index (χ2v) is 4.99. The molecule has 2 aromatic rings. The molecule has 0 heterocycles. The number of hydrogen-bond acceptors (Lipinski definition) is 3. The van der Waals surface area contributed by atoms with Gasteiger partial charge < -0.3 is 15.2 Å². The average molecular weight is 285 g/mol. The maximum Gasteiger partial charge on any atom is 0.128 e. The fourth-order valence-corrected chi connectivity index (χ4v) is 2.11. The molecule has 0 aliphatic rings. The summed E-state index contributed by atoms with van der Waals surface area (Å²) in [5, 5.41) is 0. The van der Waals surface area contributed by atoms with Gasteiger partial charge in [0.1, 0.15) is 17.6 Å². The maximum atomic E-state index is 6.08. The van der Waals surface area contributed by atoms with E-state index < -0.39 is 0 Å². The van der Waals surface area contributed by atoms with Gasteiger partial charge in [0.2, 0.25) is 0 Å². The molecule has 0 aliphatic heterocycles. The number of benzene rings is 2. The van der Waals surface area contributed by atoms with Gasteiger partial charge in [0, 0.05) is 18.2 Å². The molecule has 2 rings (SSSR count). The smallest absolute Gasteiger partial charge is 0.128 e. The molecule has 0 bridgehead atoms. The molecule has 0 radical (unpaired) electrons. The summed E-state index contributed by atoms with van der Waals surface area (Å²) in [6, 6.07) is 16.0. The van der Waals surface area contributed by atoms with Crippen LogP contribution in [0, 0.1) is 0 Å². The normalized spacial score (nSPS) is 12.0. The molecule has 0 fully saturated rings. The van der Waals surface area contributed by atoms with Gasteiger partial charge in [-0.05, 0) is 25.0 Å². The van der Waals surface area contributed by atoms with Crippen LogP contribution in [0.15, 0.2) is 48.5 Å². The molecule has 2 aromatic carbocycles. The Hall–Kier alpha value is -2.00. The van der Waals surface area contributed by atoms with Gasteiger partial charge in [0.25, 0.3) is 0 Å². The van der Waals surface area contributed by atoms with Crippen molar-refractivity contribution in [2.75, 3.05) is 6.61 Å². The van der Waals surface area contributed by atoms with Gasteiger partial charge in [-0.1, -0.05) is 43.3 Å². The van der Waals surface area contributed by atoms with Crippen LogP contribution in [0.5, 0.6) is 11.5 Å². The Morgan fingerprint density at radius 2 is 1.86 bits per heavy atom. The fourth-order valence-electron chi connectivity index (χ4n) is 2.11. The quantitative estimate of drug-likeness (QED) is 0.834. The van der Waals surface area contributed by atoms with Gasteiger partial charge in [0.05, 0.1) is 6.61 Å². The van der Waals surface area contributed by atoms with Gasteiger partial charge in [0.15, 0.2) is 0 Å². The highest BCUT2D eigenvalue weighted by atomic mass is 16.5. The minimum atomic E-state index is -0.0297. The highest BCUT2D eigenvalue weighted by Crippen LogP contribution is 2.29. The topological polar surface area (TPSA) is 44.5 Å². The third-order valence-corrected chi connectivity index (χ3v) is 3.30. The van der Waals surface area contributed by atoms with Crippen molar-refractivity contribution in [1.29, 1.82) is 0 Å². The summed E-state index contributed by atoms with van der Waals surface area (Å²) in [5.74, 6) is 1.62. The minimum absolute atomic E-state index is 0.0297. The Bertz CT molecular complexity index is 554. The summed E-state index contributed by atoms with van der Waals surface area (Å²) >= 11 is 0. The van der Waals surface area contributed by atoms with Crippen molar-refractivity contribution < 1.29 is 9.47 Å². The molecule has 1 unspecified atom stereocenters. The second kappa shape index (κ2) is 7.70. The highest BCUT2D eigenvalue weighted by Gasteiger charge is 2.11.